The number of methoxy groups -OCH3 is 1. The Bertz CT molecular complexity index is 1250. The van der Waals surface area contributed by atoms with Crippen molar-refractivity contribution in [1.82, 2.24) is 0 Å². The third-order valence-electron chi connectivity index (χ3n) is 7.41. The van der Waals surface area contributed by atoms with Gasteiger partial charge in [0, 0.05) is 18.6 Å². The molecule has 4 rings (SSSR count). The van der Waals surface area contributed by atoms with Crippen molar-refractivity contribution in [2.45, 2.75) is 81.2 Å². The molecule has 43 heavy (non-hydrogen) atoms. The Kier molecular flexibility index (Phi) is 10.3. The van der Waals surface area contributed by atoms with Gasteiger partial charge in [-0.1, -0.05) is 6.07 Å². The summed E-state index contributed by atoms with van der Waals surface area (Å²) in [5.41, 5.74) is 0.208. The first-order chi connectivity index (χ1) is 20.4. The van der Waals surface area contributed by atoms with Crippen LogP contribution < -0.4 is 9.47 Å². The topological polar surface area (TPSA) is 245 Å². The Hall–Kier alpha value is -3.25. The second-order valence-electron chi connectivity index (χ2n) is 10.4. The summed E-state index contributed by atoms with van der Waals surface area (Å²) < 4.78 is 27.2. The third kappa shape index (κ3) is 6.95. The molecule has 9 N–H and O–H groups in total. The highest BCUT2D eigenvalue weighted by atomic mass is 16.8. The molecule has 10 atom stereocenters. The maximum absolute atomic E-state index is 12.9. The third-order valence-corrected chi connectivity index (χ3v) is 7.41. The Morgan fingerprint density at radius 1 is 0.837 bits per heavy atom. The summed E-state index contributed by atoms with van der Waals surface area (Å²) in [5, 5.41) is 92.3. The van der Waals surface area contributed by atoms with Crippen molar-refractivity contribution in [3.05, 3.63) is 41.5 Å². The summed E-state index contributed by atoms with van der Waals surface area (Å²) in [6, 6.07) is 6.59. The zero-order valence-electron chi connectivity index (χ0n) is 23.3. The molecule has 0 bridgehead atoms. The number of aryl methyl sites for hydroxylation is 1. The zero-order chi connectivity index (χ0) is 31.6. The van der Waals surface area contributed by atoms with Crippen LogP contribution in [0.1, 0.15) is 29.3 Å². The summed E-state index contributed by atoms with van der Waals surface area (Å²) in [7, 11) is 1.40. The van der Waals surface area contributed by atoms with Crippen molar-refractivity contribution in [3.63, 3.8) is 0 Å². The van der Waals surface area contributed by atoms with Crippen molar-refractivity contribution in [2.75, 3.05) is 13.7 Å². The first-order valence-corrected chi connectivity index (χ1v) is 13.5. The number of rotatable bonds is 10. The minimum Gasteiger partial charge on any atom is -0.507 e. The van der Waals surface area contributed by atoms with Crippen LogP contribution in [0.5, 0.6) is 28.7 Å². The molecule has 0 saturated carbocycles. The number of hydrogen-bond donors (Lipinski definition) is 9. The smallest absolute Gasteiger partial charge is 0.229 e. The number of aliphatic hydroxyl groups is 6. The predicted molar refractivity (Wildman–Crippen MR) is 143 cm³/mol. The Labute approximate surface area is 245 Å². The number of ketones is 1. The van der Waals surface area contributed by atoms with Crippen LogP contribution >= 0.6 is 0 Å². The normalized spacial score (nSPS) is 32.7. The van der Waals surface area contributed by atoms with Gasteiger partial charge >= 0.3 is 0 Å². The lowest BCUT2D eigenvalue weighted by Crippen LogP contribution is -2.64. The predicted octanol–water partition coefficient (Wildman–Crippen LogP) is -1.34. The Morgan fingerprint density at radius 3 is 2.12 bits per heavy atom. The van der Waals surface area contributed by atoms with Gasteiger partial charge in [-0.2, -0.15) is 0 Å². The molecular formula is C28H36O15. The Balaban J connectivity index is 1.51. The summed E-state index contributed by atoms with van der Waals surface area (Å²) in [4.78, 5) is 12.9. The second-order valence-corrected chi connectivity index (χ2v) is 10.4. The van der Waals surface area contributed by atoms with Crippen LogP contribution in [-0.4, -0.2) is 127 Å². The molecule has 0 aliphatic carbocycles. The van der Waals surface area contributed by atoms with Crippen LogP contribution in [-0.2, 0) is 20.6 Å². The monoisotopic (exact) mass is 612 g/mol. The highest BCUT2D eigenvalue weighted by molar-refractivity contribution is 6.01. The number of aliphatic hydroxyl groups excluding tert-OH is 6. The summed E-state index contributed by atoms with van der Waals surface area (Å²) in [5.74, 6) is -2.04. The van der Waals surface area contributed by atoms with E-state index < -0.39 is 90.9 Å². The minimum absolute atomic E-state index is 0.110. The molecule has 2 aromatic rings. The quantitative estimate of drug-likeness (QED) is 0.141. The van der Waals surface area contributed by atoms with Crippen molar-refractivity contribution in [2.24, 2.45) is 0 Å². The van der Waals surface area contributed by atoms with Crippen molar-refractivity contribution >= 4 is 5.78 Å². The average molecular weight is 613 g/mol. The minimum atomic E-state index is -1.79. The fraction of sp³-hybridized carbons (Fsp3) is 0.536. The van der Waals surface area contributed by atoms with E-state index in [0.29, 0.717) is 5.56 Å². The van der Waals surface area contributed by atoms with Crippen LogP contribution in [0.3, 0.4) is 0 Å². The van der Waals surface area contributed by atoms with Gasteiger partial charge in [0.2, 0.25) is 6.29 Å². The number of hydrogen-bond acceptors (Lipinski definition) is 15. The fourth-order valence-electron chi connectivity index (χ4n) is 4.93. The Morgan fingerprint density at radius 2 is 1.51 bits per heavy atom. The van der Waals surface area contributed by atoms with E-state index in [1.165, 1.54) is 26.2 Å². The van der Waals surface area contributed by atoms with E-state index in [-0.39, 0.29) is 30.1 Å². The van der Waals surface area contributed by atoms with Crippen LogP contribution in [0, 0.1) is 0 Å². The van der Waals surface area contributed by atoms with Gasteiger partial charge in [0.1, 0.15) is 59.4 Å². The molecule has 2 unspecified atom stereocenters. The number of ether oxygens (including phenoxy) is 5. The molecule has 15 heteroatoms. The highest BCUT2D eigenvalue weighted by Gasteiger charge is 2.51. The number of carbonyl (C=O) groups is 1. The number of carbonyl (C=O) groups excluding carboxylic acids is 1. The lowest BCUT2D eigenvalue weighted by atomic mass is 9.97. The molecule has 0 spiro atoms. The SMILES string of the molecule is COc1ccc(CCC(=O)c2c(O)cc(O[C@@H]3O[C@H](CO)C(O)[C@H](O)C3O[C@@H]3O[C@@H](C)[C@H](O)[C@@H](O)[C@H]3O)cc2O)cc1O. The number of phenolic OH excluding ortho intramolecular Hbond substituents is 3. The molecule has 0 aromatic heterocycles. The zero-order valence-corrected chi connectivity index (χ0v) is 23.3. The first-order valence-electron chi connectivity index (χ1n) is 13.5. The molecule has 2 aliphatic heterocycles. The molecule has 2 heterocycles. The fourth-order valence-corrected chi connectivity index (χ4v) is 4.93. The molecular weight excluding hydrogens is 576 g/mol. The molecule has 2 aromatic carbocycles. The lowest BCUT2D eigenvalue weighted by molar-refractivity contribution is -0.354. The van der Waals surface area contributed by atoms with Gasteiger partial charge in [0.05, 0.1) is 19.8 Å². The van der Waals surface area contributed by atoms with Gasteiger partial charge in [-0.05, 0) is 31.0 Å². The van der Waals surface area contributed by atoms with Gasteiger partial charge in [-0.25, -0.2) is 0 Å². The molecule has 0 amide bonds. The van der Waals surface area contributed by atoms with Crippen LogP contribution in [0.15, 0.2) is 30.3 Å². The van der Waals surface area contributed by atoms with Crippen LogP contribution in [0.25, 0.3) is 0 Å². The van der Waals surface area contributed by atoms with Crippen LogP contribution in [0.4, 0.5) is 0 Å². The van der Waals surface area contributed by atoms with Crippen molar-refractivity contribution in [1.29, 1.82) is 0 Å². The van der Waals surface area contributed by atoms with E-state index in [9.17, 15) is 50.8 Å². The average Bonchev–Trinajstić information content (AvgIpc) is 2.96. The van der Waals surface area contributed by atoms with Crippen LogP contribution in [0.2, 0.25) is 0 Å². The van der Waals surface area contributed by atoms with Gasteiger partial charge in [0.15, 0.2) is 29.7 Å². The van der Waals surface area contributed by atoms with Gasteiger partial charge in [0.25, 0.3) is 0 Å². The molecule has 15 nitrogen and oxygen atoms in total. The van der Waals surface area contributed by atoms with E-state index >= 15 is 0 Å². The molecule has 2 saturated heterocycles. The molecule has 0 radical (unpaired) electrons. The summed E-state index contributed by atoms with van der Waals surface area (Å²) >= 11 is 0. The maximum Gasteiger partial charge on any atom is 0.229 e. The lowest BCUT2D eigenvalue weighted by Gasteiger charge is -2.45. The molecule has 2 fully saturated rings. The van der Waals surface area contributed by atoms with Crippen molar-refractivity contribution in [3.8, 4) is 28.7 Å². The van der Waals surface area contributed by atoms with E-state index in [1.807, 2.05) is 0 Å². The van der Waals surface area contributed by atoms with E-state index in [1.54, 1.807) is 6.07 Å². The largest absolute Gasteiger partial charge is 0.507 e. The number of Topliss-reactive ketones (excluding diaryl/α,β-unsaturated/α-hetero) is 1. The van der Waals surface area contributed by atoms with Gasteiger partial charge in [-0.15, -0.1) is 0 Å². The second kappa shape index (κ2) is 13.6. The molecule has 238 valence electrons. The first kappa shape index (κ1) is 32.7. The maximum atomic E-state index is 12.9. The number of benzene rings is 2. The summed E-state index contributed by atoms with van der Waals surface area (Å²) in [6.07, 6.45) is -15.5. The number of phenols is 3. The van der Waals surface area contributed by atoms with Gasteiger partial charge < -0.3 is 69.6 Å². The van der Waals surface area contributed by atoms with E-state index in [4.69, 9.17) is 23.7 Å². The summed E-state index contributed by atoms with van der Waals surface area (Å²) in [6.45, 7) is 0.662. The highest BCUT2D eigenvalue weighted by Crippen LogP contribution is 2.37. The van der Waals surface area contributed by atoms with E-state index in [0.717, 1.165) is 12.1 Å². The standard InChI is InChI=1S/C28H36O15/c1-11-21(34)23(36)25(38)27(40-11)43-26-24(37)22(35)19(10-29)42-28(26)41-13-8-16(32)20(17(33)9-13)14(30)5-3-12-4-6-18(39-2)15(31)7-12/h4,6-9,11,19,21-29,31-38H,3,5,10H2,1-2H3/t11-,19+,21-,22?,23+,24-,25+,26?,27-,28+/m0/s1. The molecule has 2 aliphatic rings. The number of aromatic hydroxyl groups is 3. The van der Waals surface area contributed by atoms with Gasteiger partial charge in [-0.3, -0.25) is 4.79 Å². The van der Waals surface area contributed by atoms with E-state index in [2.05, 4.69) is 0 Å². The van der Waals surface area contributed by atoms with Crippen molar-refractivity contribution < 1.29 is 74.4 Å².